The number of rotatable bonds is 0. The van der Waals surface area contributed by atoms with E-state index in [0.717, 1.165) is 12.5 Å². The number of halogens is 1. The molecule has 1 heterocycles. The van der Waals surface area contributed by atoms with Crippen LogP contribution < -0.4 is 5.73 Å². The summed E-state index contributed by atoms with van der Waals surface area (Å²) in [6.07, 6.45) is 2.89. The first-order valence-electron chi connectivity index (χ1n) is 3.25. The molecule has 1 aliphatic heterocycles. The summed E-state index contributed by atoms with van der Waals surface area (Å²) in [7, 11) is 0. The lowest BCUT2D eigenvalue weighted by Gasteiger charge is -2.35. The molecule has 0 aromatic rings. The minimum atomic E-state index is 0. The van der Waals surface area contributed by atoms with Crippen LogP contribution in [0.25, 0.3) is 0 Å². The molecule has 9 heavy (non-hydrogen) atoms. The van der Waals surface area contributed by atoms with Gasteiger partial charge in [0.05, 0.1) is 6.10 Å². The number of fused-ring (bicyclic) bond motifs is 1. The van der Waals surface area contributed by atoms with Crippen LogP contribution in [-0.4, -0.2) is 18.8 Å². The Balaban J connectivity index is 0.000000405. The van der Waals surface area contributed by atoms with E-state index in [-0.39, 0.29) is 12.4 Å². The van der Waals surface area contributed by atoms with Crippen LogP contribution in [0.2, 0.25) is 0 Å². The van der Waals surface area contributed by atoms with Crippen molar-refractivity contribution in [3.05, 3.63) is 0 Å². The molecular weight excluding hydrogens is 138 g/mol. The lowest BCUT2D eigenvalue weighted by molar-refractivity contribution is 0.0133. The van der Waals surface area contributed by atoms with Crippen molar-refractivity contribution in [3.63, 3.8) is 0 Å². The molecule has 2 nitrogen and oxygen atoms in total. The molecule has 3 unspecified atom stereocenters. The van der Waals surface area contributed by atoms with Crippen molar-refractivity contribution < 1.29 is 4.74 Å². The third-order valence-corrected chi connectivity index (χ3v) is 2.26. The monoisotopic (exact) mass is 149 g/mol. The zero-order valence-corrected chi connectivity index (χ0v) is 6.06. The van der Waals surface area contributed by atoms with Gasteiger partial charge in [-0.1, -0.05) is 0 Å². The maximum Gasteiger partial charge on any atom is 0.0755 e. The van der Waals surface area contributed by atoms with E-state index in [1.165, 1.54) is 12.8 Å². The van der Waals surface area contributed by atoms with Crippen LogP contribution in [0.5, 0.6) is 0 Å². The predicted molar refractivity (Wildman–Crippen MR) is 37.7 cm³/mol. The average Bonchev–Trinajstić information content (AvgIpc) is 2.09. The fraction of sp³-hybridized carbons (Fsp3) is 1.00. The number of nitrogens with two attached hydrogens (primary N) is 1. The van der Waals surface area contributed by atoms with Crippen molar-refractivity contribution in [3.8, 4) is 0 Å². The van der Waals surface area contributed by atoms with Crippen molar-refractivity contribution in [2.24, 2.45) is 11.7 Å². The Bertz CT molecular complexity index is 109. The summed E-state index contributed by atoms with van der Waals surface area (Å²) in [6, 6.07) is 0.363. The van der Waals surface area contributed by atoms with Gasteiger partial charge in [0.1, 0.15) is 0 Å². The topological polar surface area (TPSA) is 35.2 Å². The summed E-state index contributed by atoms with van der Waals surface area (Å²) in [4.78, 5) is 0. The molecule has 2 aliphatic rings. The van der Waals surface area contributed by atoms with Gasteiger partial charge in [0.25, 0.3) is 0 Å². The molecule has 1 aliphatic carbocycles. The molecule has 0 amide bonds. The van der Waals surface area contributed by atoms with E-state index >= 15 is 0 Å². The van der Waals surface area contributed by atoms with Crippen LogP contribution >= 0.6 is 12.4 Å². The molecular formula is C6H12ClNO. The Morgan fingerprint density at radius 2 is 2.22 bits per heavy atom. The van der Waals surface area contributed by atoms with Gasteiger partial charge in [-0.15, -0.1) is 12.4 Å². The molecule has 3 heteroatoms. The Labute approximate surface area is 61.2 Å². The van der Waals surface area contributed by atoms with E-state index in [1.54, 1.807) is 0 Å². The molecule has 1 saturated heterocycles. The Kier molecular flexibility index (Phi) is 1.99. The third kappa shape index (κ3) is 0.955. The molecule has 0 aromatic carbocycles. The van der Waals surface area contributed by atoms with Crippen LogP contribution in [-0.2, 0) is 4.74 Å². The van der Waals surface area contributed by atoms with Crippen LogP contribution in [0.4, 0.5) is 0 Å². The minimum absolute atomic E-state index is 0. The lowest BCUT2D eigenvalue weighted by Crippen LogP contribution is -2.49. The predicted octanol–water partition coefficient (Wildman–Crippen LogP) is 0.544. The zero-order valence-electron chi connectivity index (χ0n) is 5.25. The molecule has 0 aromatic heterocycles. The molecule has 1 saturated carbocycles. The minimum Gasteiger partial charge on any atom is -0.376 e. The highest BCUT2D eigenvalue weighted by molar-refractivity contribution is 5.85. The normalized spacial score (nSPS) is 47.0. The first-order chi connectivity index (χ1) is 3.88. The van der Waals surface area contributed by atoms with E-state index in [9.17, 15) is 0 Å². The smallest absolute Gasteiger partial charge is 0.0755 e. The highest BCUT2D eigenvalue weighted by Gasteiger charge is 2.42. The third-order valence-electron chi connectivity index (χ3n) is 2.26. The van der Waals surface area contributed by atoms with E-state index in [2.05, 4.69) is 0 Å². The fourth-order valence-corrected chi connectivity index (χ4v) is 1.67. The fourth-order valence-electron chi connectivity index (χ4n) is 1.67. The van der Waals surface area contributed by atoms with Crippen LogP contribution in [0.15, 0.2) is 0 Å². The standard InChI is InChI=1S/C6H11NO.ClH/c7-5-3-4-1-2-8-6(4)5;/h4-6H,1-3,7H2;1H. The zero-order chi connectivity index (χ0) is 5.56. The SMILES string of the molecule is Cl.NC1CC2CCOC12. The van der Waals surface area contributed by atoms with Crippen molar-refractivity contribution in [2.45, 2.75) is 25.0 Å². The van der Waals surface area contributed by atoms with Gasteiger partial charge in [-0.3, -0.25) is 0 Å². The van der Waals surface area contributed by atoms with Gasteiger partial charge in [-0.25, -0.2) is 0 Å². The number of hydrogen-bond donors (Lipinski definition) is 1. The molecule has 2 rings (SSSR count). The number of ether oxygens (including phenoxy) is 1. The molecule has 2 N–H and O–H groups in total. The quantitative estimate of drug-likeness (QED) is 0.546. The summed E-state index contributed by atoms with van der Waals surface area (Å²) < 4.78 is 5.34. The van der Waals surface area contributed by atoms with Gasteiger partial charge in [-0.2, -0.15) is 0 Å². The molecule has 2 fully saturated rings. The second-order valence-electron chi connectivity index (χ2n) is 2.78. The molecule has 0 bridgehead atoms. The average molecular weight is 150 g/mol. The van der Waals surface area contributed by atoms with Crippen molar-refractivity contribution in [1.82, 2.24) is 0 Å². The molecule has 3 atom stereocenters. The molecule has 0 radical (unpaired) electrons. The van der Waals surface area contributed by atoms with Gasteiger partial charge >= 0.3 is 0 Å². The van der Waals surface area contributed by atoms with Crippen LogP contribution in [0.1, 0.15) is 12.8 Å². The second kappa shape index (κ2) is 2.45. The van der Waals surface area contributed by atoms with E-state index in [1.807, 2.05) is 0 Å². The highest BCUT2D eigenvalue weighted by Crippen LogP contribution is 2.36. The molecule has 0 spiro atoms. The van der Waals surface area contributed by atoms with Crippen molar-refractivity contribution >= 4 is 12.4 Å². The largest absolute Gasteiger partial charge is 0.376 e. The first kappa shape index (κ1) is 7.32. The maximum atomic E-state index is 5.64. The summed E-state index contributed by atoms with van der Waals surface area (Å²) in [5.41, 5.74) is 5.64. The summed E-state index contributed by atoms with van der Waals surface area (Å²) in [5.74, 6) is 0.824. The van der Waals surface area contributed by atoms with Gasteiger partial charge in [0.2, 0.25) is 0 Å². The van der Waals surface area contributed by atoms with Gasteiger partial charge in [-0.05, 0) is 18.8 Å². The summed E-state index contributed by atoms with van der Waals surface area (Å²) in [6.45, 7) is 0.947. The number of hydrogen-bond acceptors (Lipinski definition) is 2. The van der Waals surface area contributed by atoms with Gasteiger partial charge in [0, 0.05) is 12.6 Å². The van der Waals surface area contributed by atoms with Crippen LogP contribution in [0.3, 0.4) is 0 Å². The van der Waals surface area contributed by atoms with E-state index in [0.29, 0.717) is 12.1 Å². The Morgan fingerprint density at radius 1 is 1.44 bits per heavy atom. The van der Waals surface area contributed by atoms with E-state index < -0.39 is 0 Å². The van der Waals surface area contributed by atoms with Crippen LogP contribution in [0, 0.1) is 5.92 Å². The maximum absolute atomic E-state index is 5.64. The Hall–Kier alpha value is 0.210. The van der Waals surface area contributed by atoms with Gasteiger partial charge < -0.3 is 10.5 Å². The van der Waals surface area contributed by atoms with E-state index in [4.69, 9.17) is 10.5 Å². The highest BCUT2D eigenvalue weighted by atomic mass is 35.5. The van der Waals surface area contributed by atoms with Gasteiger partial charge in [0.15, 0.2) is 0 Å². The lowest BCUT2D eigenvalue weighted by atomic mass is 9.78. The van der Waals surface area contributed by atoms with Crippen molar-refractivity contribution in [1.29, 1.82) is 0 Å². The summed E-state index contributed by atoms with van der Waals surface area (Å²) >= 11 is 0. The van der Waals surface area contributed by atoms with Crippen molar-refractivity contribution in [2.75, 3.05) is 6.61 Å². The summed E-state index contributed by atoms with van der Waals surface area (Å²) in [5, 5.41) is 0. The Morgan fingerprint density at radius 3 is 2.67 bits per heavy atom. The first-order valence-corrected chi connectivity index (χ1v) is 3.25. The second-order valence-corrected chi connectivity index (χ2v) is 2.78. The molecule has 54 valence electrons.